The smallest absolute Gasteiger partial charge is 0.328 e. The largest absolute Gasteiger partial charge is 0.336 e. The molecule has 0 spiro atoms. The van der Waals surface area contributed by atoms with Crippen molar-refractivity contribution in [2.24, 2.45) is 0 Å². The Balaban J connectivity index is 1.84. The molecule has 168 valence electrons. The van der Waals surface area contributed by atoms with E-state index in [9.17, 15) is 18.8 Å². The second kappa shape index (κ2) is 9.60. The molecule has 0 radical (unpaired) electrons. The molecule has 1 fully saturated rings. The molecular weight excluding hydrogens is 399 g/mol. The van der Waals surface area contributed by atoms with Gasteiger partial charge in [-0.25, -0.2) is 9.18 Å². The molecule has 0 bridgehead atoms. The monoisotopic (exact) mass is 430 g/mol. The van der Waals surface area contributed by atoms with Gasteiger partial charge in [0.05, 0.1) is 12.1 Å². The topological polar surface area (TPSA) is 78.4 Å². The van der Waals surface area contributed by atoms with Crippen molar-refractivity contribution in [2.45, 2.75) is 59.2 Å². The normalized spacial score (nSPS) is 17.4. The van der Waals surface area contributed by atoms with Gasteiger partial charge in [0.2, 0.25) is 0 Å². The van der Waals surface area contributed by atoms with Gasteiger partial charge in [-0.15, -0.1) is 0 Å². The summed E-state index contributed by atoms with van der Waals surface area (Å²) in [6, 6.07) is 4.97. The molecule has 2 aromatic rings. The van der Waals surface area contributed by atoms with Crippen LogP contribution in [-0.4, -0.2) is 57.0 Å². The third kappa shape index (κ3) is 4.95. The lowest BCUT2D eigenvalue weighted by Gasteiger charge is -2.43. The van der Waals surface area contributed by atoms with Crippen LogP contribution in [0.4, 0.5) is 4.39 Å². The second-order valence-corrected chi connectivity index (χ2v) is 8.35. The lowest BCUT2D eigenvalue weighted by atomic mass is 10.0. The Labute approximate surface area is 181 Å². The van der Waals surface area contributed by atoms with Crippen molar-refractivity contribution in [3.05, 3.63) is 67.7 Å². The molecule has 31 heavy (non-hydrogen) atoms. The van der Waals surface area contributed by atoms with Gasteiger partial charge in [0, 0.05) is 43.5 Å². The number of hydrogen-bond acceptors (Lipinski definition) is 4. The zero-order valence-electron chi connectivity index (χ0n) is 18.7. The van der Waals surface area contributed by atoms with E-state index in [-0.39, 0.29) is 24.1 Å². The minimum absolute atomic E-state index is 0.0125. The molecule has 1 N–H and O–H groups in total. The molecule has 2 heterocycles. The maximum atomic E-state index is 14.6. The quantitative estimate of drug-likeness (QED) is 0.762. The minimum Gasteiger partial charge on any atom is -0.336 e. The average molecular weight is 431 g/mol. The zero-order valence-corrected chi connectivity index (χ0v) is 18.7. The van der Waals surface area contributed by atoms with E-state index < -0.39 is 17.1 Å². The van der Waals surface area contributed by atoms with Crippen molar-refractivity contribution in [2.75, 3.05) is 19.6 Å². The number of carbonyl (C=O) groups excluding carboxylic acids is 1. The summed E-state index contributed by atoms with van der Waals surface area (Å²) < 4.78 is 15.9. The molecule has 0 aliphatic carbocycles. The second-order valence-electron chi connectivity index (χ2n) is 8.35. The summed E-state index contributed by atoms with van der Waals surface area (Å²) in [5.41, 5.74) is 0.193. The van der Waals surface area contributed by atoms with Crippen LogP contribution in [0.5, 0.6) is 0 Å². The Morgan fingerprint density at radius 2 is 1.97 bits per heavy atom. The molecule has 1 aromatic heterocycles. The fourth-order valence-corrected chi connectivity index (χ4v) is 4.22. The SMILES string of the molecule is CCc1cn(Cc2ccc(F)c(C(=O)N3CCN(C(C)C)[C@H](CC)C3)c2)c(=O)[nH]c1=O. The van der Waals surface area contributed by atoms with Gasteiger partial charge in [0.15, 0.2) is 0 Å². The number of nitrogens with zero attached hydrogens (tertiary/aromatic N) is 3. The van der Waals surface area contributed by atoms with Crippen molar-refractivity contribution in [3.8, 4) is 0 Å². The molecule has 1 aliphatic heterocycles. The fourth-order valence-electron chi connectivity index (χ4n) is 4.22. The summed E-state index contributed by atoms with van der Waals surface area (Å²) in [6.45, 7) is 10.2. The molecule has 1 amide bonds. The Hall–Kier alpha value is -2.74. The lowest BCUT2D eigenvalue weighted by molar-refractivity contribution is 0.0368. The first-order chi connectivity index (χ1) is 14.7. The number of carbonyl (C=O) groups is 1. The predicted octanol–water partition coefficient (Wildman–Crippen LogP) is 2.23. The highest BCUT2D eigenvalue weighted by atomic mass is 19.1. The van der Waals surface area contributed by atoms with Crippen molar-refractivity contribution < 1.29 is 9.18 Å². The van der Waals surface area contributed by atoms with Gasteiger partial charge in [0.1, 0.15) is 5.82 Å². The van der Waals surface area contributed by atoms with Crippen molar-refractivity contribution in [1.29, 1.82) is 0 Å². The van der Waals surface area contributed by atoms with E-state index >= 15 is 0 Å². The molecule has 8 heteroatoms. The van der Waals surface area contributed by atoms with Crippen molar-refractivity contribution in [3.63, 3.8) is 0 Å². The van der Waals surface area contributed by atoms with Crippen LogP contribution in [-0.2, 0) is 13.0 Å². The summed E-state index contributed by atoms with van der Waals surface area (Å²) >= 11 is 0. The first kappa shape index (κ1) is 22.9. The molecule has 0 saturated carbocycles. The van der Waals surface area contributed by atoms with Crippen LogP contribution in [0, 0.1) is 5.82 Å². The molecule has 1 aromatic carbocycles. The van der Waals surface area contributed by atoms with Crippen LogP contribution >= 0.6 is 0 Å². The number of aromatic nitrogens is 2. The number of halogens is 1. The minimum atomic E-state index is -0.573. The average Bonchev–Trinajstić information content (AvgIpc) is 2.75. The first-order valence-electron chi connectivity index (χ1n) is 10.9. The molecular formula is C23H31FN4O3. The van der Waals surface area contributed by atoms with Gasteiger partial charge < -0.3 is 4.90 Å². The maximum Gasteiger partial charge on any atom is 0.328 e. The molecule has 1 aliphatic rings. The molecule has 1 atom stereocenters. The number of aryl methyl sites for hydroxylation is 1. The molecule has 1 saturated heterocycles. The van der Waals surface area contributed by atoms with Gasteiger partial charge in [-0.3, -0.25) is 24.0 Å². The summed E-state index contributed by atoms with van der Waals surface area (Å²) in [5.74, 6) is -0.902. The number of H-pyrrole nitrogens is 1. The van der Waals surface area contributed by atoms with E-state index in [0.29, 0.717) is 36.7 Å². The van der Waals surface area contributed by atoms with Crippen molar-refractivity contribution in [1.82, 2.24) is 19.4 Å². The summed E-state index contributed by atoms with van der Waals surface area (Å²) in [7, 11) is 0. The maximum absolute atomic E-state index is 14.6. The molecule has 3 rings (SSSR count). The lowest BCUT2D eigenvalue weighted by Crippen LogP contribution is -2.56. The van der Waals surface area contributed by atoms with Gasteiger partial charge in [-0.05, 0) is 44.4 Å². The van der Waals surface area contributed by atoms with Crippen LogP contribution < -0.4 is 11.2 Å². The van der Waals surface area contributed by atoms with E-state index in [2.05, 4.69) is 30.7 Å². The number of benzene rings is 1. The standard InChI is InChI=1S/C23H31FN4O3/c1-5-17-13-27(23(31)25-21(17)29)12-16-7-8-20(24)19(11-16)22(30)26-9-10-28(15(3)4)18(6-2)14-26/h7-8,11,13,15,18H,5-6,9-10,12,14H2,1-4H3,(H,25,29,31)/t18-/m1/s1. The van der Waals surface area contributed by atoms with Crippen LogP contribution in [0.2, 0.25) is 0 Å². The van der Waals surface area contributed by atoms with Crippen LogP contribution in [0.15, 0.2) is 34.0 Å². The van der Waals surface area contributed by atoms with E-state index in [0.717, 1.165) is 13.0 Å². The highest BCUT2D eigenvalue weighted by Gasteiger charge is 2.31. The highest BCUT2D eigenvalue weighted by Crippen LogP contribution is 2.20. The summed E-state index contributed by atoms with van der Waals surface area (Å²) in [6.07, 6.45) is 2.92. The number of rotatable bonds is 6. The van der Waals surface area contributed by atoms with E-state index in [1.54, 1.807) is 11.0 Å². The molecule has 0 unspecified atom stereocenters. The van der Waals surface area contributed by atoms with Gasteiger partial charge in [-0.2, -0.15) is 0 Å². The fraction of sp³-hybridized carbons (Fsp3) is 0.522. The van der Waals surface area contributed by atoms with E-state index in [1.165, 1.54) is 22.9 Å². The Kier molecular flexibility index (Phi) is 7.10. The van der Waals surface area contributed by atoms with Crippen LogP contribution in [0.1, 0.15) is 55.6 Å². The van der Waals surface area contributed by atoms with Crippen LogP contribution in [0.25, 0.3) is 0 Å². The van der Waals surface area contributed by atoms with Crippen LogP contribution in [0.3, 0.4) is 0 Å². The zero-order chi connectivity index (χ0) is 22.7. The Bertz CT molecular complexity index is 1060. The Morgan fingerprint density at radius 1 is 1.23 bits per heavy atom. The third-order valence-corrected chi connectivity index (χ3v) is 6.03. The Morgan fingerprint density at radius 3 is 2.61 bits per heavy atom. The third-order valence-electron chi connectivity index (χ3n) is 6.03. The van der Waals surface area contributed by atoms with Gasteiger partial charge >= 0.3 is 5.69 Å². The predicted molar refractivity (Wildman–Crippen MR) is 118 cm³/mol. The highest BCUT2D eigenvalue weighted by molar-refractivity contribution is 5.94. The number of hydrogen-bond donors (Lipinski definition) is 1. The van der Waals surface area contributed by atoms with E-state index in [4.69, 9.17) is 0 Å². The summed E-state index contributed by atoms with van der Waals surface area (Å²) in [4.78, 5) is 43.5. The number of aromatic amines is 1. The number of nitrogens with one attached hydrogen (secondary N) is 1. The number of amides is 1. The molecule has 7 nitrogen and oxygen atoms in total. The van der Waals surface area contributed by atoms with Gasteiger partial charge in [0.25, 0.3) is 11.5 Å². The number of piperazine rings is 1. The first-order valence-corrected chi connectivity index (χ1v) is 10.9. The van der Waals surface area contributed by atoms with Crippen molar-refractivity contribution >= 4 is 5.91 Å². The van der Waals surface area contributed by atoms with E-state index in [1.807, 2.05) is 6.92 Å². The van der Waals surface area contributed by atoms with Gasteiger partial charge in [-0.1, -0.05) is 19.9 Å². The summed E-state index contributed by atoms with van der Waals surface area (Å²) in [5, 5.41) is 0.